The number of fused-ring (bicyclic) bond motifs is 1. The van der Waals surface area contributed by atoms with Crippen molar-refractivity contribution in [1.29, 1.82) is 0 Å². The molecule has 0 aromatic heterocycles. The SMILES string of the molecule is CC1(C)OC2[C@@H](CO[Si](C)(C)C(C)(C)C)O[C@@H](O)[C@H]2O1. The van der Waals surface area contributed by atoms with Crippen molar-refractivity contribution in [1.82, 2.24) is 0 Å². The van der Waals surface area contributed by atoms with E-state index in [1.165, 1.54) is 0 Å². The van der Waals surface area contributed by atoms with Crippen molar-refractivity contribution in [2.75, 3.05) is 6.61 Å². The van der Waals surface area contributed by atoms with Gasteiger partial charge in [-0.15, -0.1) is 0 Å². The van der Waals surface area contributed by atoms with Crippen molar-refractivity contribution in [2.24, 2.45) is 0 Å². The lowest BCUT2D eigenvalue weighted by molar-refractivity contribution is -0.222. The van der Waals surface area contributed by atoms with E-state index in [0.717, 1.165) is 0 Å². The Morgan fingerprint density at radius 3 is 2.25 bits per heavy atom. The van der Waals surface area contributed by atoms with E-state index < -0.39 is 26.5 Å². The zero-order valence-corrected chi connectivity index (χ0v) is 14.6. The predicted molar refractivity (Wildman–Crippen MR) is 77.9 cm³/mol. The lowest BCUT2D eigenvalue weighted by Gasteiger charge is -2.37. The maximum Gasteiger partial charge on any atom is 0.192 e. The minimum Gasteiger partial charge on any atom is -0.414 e. The Labute approximate surface area is 122 Å². The molecule has 2 rings (SSSR count). The van der Waals surface area contributed by atoms with Crippen LogP contribution in [0, 0.1) is 0 Å². The summed E-state index contributed by atoms with van der Waals surface area (Å²) in [4.78, 5) is 0. The molecule has 0 bridgehead atoms. The van der Waals surface area contributed by atoms with E-state index in [2.05, 4.69) is 33.9 Å². The molecule has 0 aromatic rings. The molecule has 0 spiro atoms. The lowest BCUT2D eigenvalue weighted by atomic mass is 10.1. The van der Waals surface area contributed by atoms with Crippen molar-refractivity contribution in [3.63, 3.8) is 0 Å². The van der Waals surface area contributed by atoms with Gasteiger partial charge in [0.1, 0.15) is 18.3 Å². The first-order valence-corrected chi connectivity index (χ1v) is 10.2. The molecule has 2 heterocycles. The third-order valence-electron chi connectivity index (χ3n) is 4.54. The van der Waals surface area contributed by atoms with Crippen LogP contribution in [0.4, 0.5) is 0 Å². The first kappa shape index (κ1) is 16.4. The second-order valence-corrected chi connectivity index (χ2v) is 12.5. The molecule has 1 unspecified atom stereocenters. The van der Waals surface area contributed by atoms with E-state index in [1.54, 1.807) is 0 Å². The van der Waals surface area contributed by atoms with Crippen molar-refractivity contribution in [3.8, 4) is 0 Å². The van der Waals surface area contributed by atoms with Gasteiger partial charge >= 0.3 is 0 Å². The summed E-state index contributed by atoms with van der Waals surface area (Å²) in [7, 11) is -1.83. The fraction of sp³-hybridized carbons (Fsp3) is 1.00. The zero-order chi connectivity index (χ0) is 15.3. The summed E-state index contributed by atoms with van der Waals surface area (Å²) in [5.74, 6) is -0.671. The van der Waals surface area contributed by atoms with Crippen LogP contribution in [0.1, 0.15) is 34.6 Å². The average Bonchev–Trinajstić information content (AvgIpc) is 2.70. The van der Waals surface area contributed by atoms with Crippen LogP contribution in [0.5, 0.6) is 0 Å². The van der Waals surface area contributed by atoms with Gasteiger partial charge in [-0.05, 0) is 32.0 Å². The summed E-state index contributed by atoms with van der Waals surface area (Å²) in [5.41, 5.74) is 0. The van der Waals surface area contributed by atoms with Gasteiger partial charge in [-0.25, -0.2) is 0 Å². The molecule has 2 fully saturated rings. The van der Waals surface area contributed by atoms with Gasteiger partial charge in [0.15, 0.2) is 20.4 Å². The fourth-order valence-corrected chi connectivity index (χ4v) is 3.31. The van der Waals surface area contributed by atoms with Gasteiger partial charge in [0, 0.05) is 0 Å². The van der Waals surface area contributed by atoms with Gasteiger partial charge in [-0.2, -0.15) is 0 Å². The van der Waals surface area contributed by atoms with Crippen molar-refractivity contribution in [3.05, 3.63) is 0 Å². The standard InChI is InChI=1S/C14H28O5Si/c1-13(2,3)20(6,7)16-8-9-10-11(12(15)17-9)19-14(4,5)18-10/h9-12,15H,8H2,1-7H3/t9-,10?,11+,12-/m1/s1. The molecule has 2 saturated heterocycles. The van der Waals surface area contributed by atoms with Gasteiger partial charge < -0.3 is 23.7 Å². The Balaban J connectivity index is 1.98. The molecule has 6 heteroatoms. The minimum atomic E-state index is -1.83. The van der Waals surface area contributed by atoms with Crippen LogP contribution in [-0.4, -0.2) is 50.4 Å². The topological polar surface area (TPSA) is 57.2 Å². The van der Waals surface area contributed by atoms with Crippen molar-refractivity contribution in [2.45, 2.75) is 83.1 Å². The van der Waals surface area contributed by atoms with Gasteiger partial charge in [0.25, 0.3) is 0 Å². The second kappa shape index (κ2) is 5.03. The number of hydrogen-bond acceptors (Lipinski definition) is 5. The average molecular weight is 304 g/mol. The molecule has 2 aliphatic rings. The third kappa shape index (κ3) is 3.10. The third-order valence-corrected chi connectivity index (χ3v) is 9.04. The molecule has 0 radical (unpaired) electrons. The highest BCUT2D eigenvalue weighted by molar-refractivity contribution is 6.74. The molecule has 0 amide bonds. The highest BCUT2D eigenvalue weighted by atomic mass is 28.4. The summed E-state index contributed by atoms with van der Waals surface area (Å²) in [5, 5.41) is 10.1. The number of rotatable bonds is 3. The quantitative estimate of drug-likeness (QED) is 0.810. The van der Waals surface area contributed by atoms with E-state index in [0.29, 0.717) is 6.61 Å². The number of aliphatic hydroxyl groups excluding tert-OH is 1. The van der Waals surface area contributed by atoms with E-state index in [9.17, 15) is 5.11 Å². The summed E-state index contributed by atoms with van der Waals surface area (Å²) in [6.45, 7) is 15.1. The zero-order valence-electron chi connectivity index (χ0n) is 13.6. The van der Waals surface area contributed by atoms with E-state index >= 15 is 0 Å². The van der Waals surface area contributed by atoms with Gasteiger partial charge in [0.05, 0.1) is 6.61 Å². The maximum atomic E-state index is 9.92. The van der Waals surface area contributed by atoms with Crippen molar-refractivity contribution < 1.29 is 23.7 Å². The molecule has 0 saturated carbocycles. The molecule has 1 N–H and O–H groups in total. The van der Waals surface area contributed by atoms with Gasteiger partial charge in [-0.3, -0.25) is 0 Å². The Bertz CT molecular complexity index is 363. The molecule has 0 aliphatic carbocycles. The molecular weight excluding hydrogens is 276 g/mol. The van der Waals surface area contributed by atoms with E-state index in [1.807, 2.05) is 13.8 Å². The maximum absolute atomic E-state index is 9.92. The highest BCUT2D eigenvalue weighted by Gasteiger charge is 2.55. The Morgan fingerprint density at radius 1 is 1.15 bits per heavy atom. The van der Waals surface area contributed by atoms with E-state index in [-0.39, 0.29) is 17.2 Å². The molecule has 118 valence electrons. The molecule has 0 aromatic carbocycles. The molecule has 4 atom stereocenters. The largest absolute Gasteiger partial charge is 0.414 e. The Hall–Kier alpha value is 0.0169. The lowest BCUT2D eigenvalue weighted by Crippen LogP contribution is -2.44. The first-order valence-electron chi connectivity index (χ1n) is 7.26. The van der Waals surface area contributed by atoms with E-state index in [4.69, 9.17) is 18.6 Å². The summed E-state index contributed by atoms with van der Waals surface area (Å²) < 4.78 is 23.2. The molecular formula is C14H28O5Si. The molecule has 20 heavy (non-hydrogen) atoms. The van der Waals surface area contributed by atoms with Crippen molar-refractivity contribution >= 4 is 8.32 Å². The van der Waals surface area contributed by atoms with Crippen LogP contribution in [-0.2, 0) is 18.6 Å². The summed E-state index contributed by atoms with van der Waals surface area (Å²) >= 11 is 0. The monoisotopic (exact) mass is 304 g/mol. The van der Waals surface area contributed by atoms with Crippen LogP contribution in [0.3, 0.4) is 0 Å². The van der Waals surface area contributed by atoms with Crippen LogP contribution in [0.15, 0.2) is 0 Å². The van der Waals surface area contributed by atoms with Gasteiger partial charge in [-0.1, -0.05) is 20.8 Å². The second-order valence-electron chi connectivity index (χ2n) is 7.70. The first-order chi connectivity index (χ1) is 8.93. The predicted octanol–water partition coefficient (Wildman–Crippen LogP) is 2.25. The van der Waals surface area contributed by atoms with Crippen LogP contribution >= 0.6 is 0 Å². The number of ether oxygens (including phenoxy) is 3. The Kier molecular flexibility index (Phi) is 4.13. The van der Waals surface area contributed by atoms with Gasteiger partial charge in [0.2, 0.25) is 0 Å². The van der Waals surface area contributed by atoms with Crippen LogP contribution in [0.25, 0.3) is 0 Å². The highest BCUT2D eigenvalue weighted by Crippen LogP contribution is 2.40. The van der Waals surface area contributed by atoms with Crippen LogP contribution in [0.2, 0.25) is 18.1 Å². The Morgan fingerprint density at radius 2 is 1.70 bits per heavy atom. The molecule has 5 nitrogen and oxygen atoms in total. The molecule has 2 aliphatic heterocycles. The number of hydrogen-bond donors (Lipinski definition) is 1. The summed E-state index contributed by atoms with van der Waals surface area (Å²) in [6, 6.07) is 0. The minimum absolute atomic E-state index is 0.149. The number of aliphatic hydroxyl groups is 1. The van der Waals surface area contributed by atoms with Crippen LogP contribution < -0.4 is 0 Å². The normalized spacial score (nSPS) is 37.2. The fourth-order valence-electron chi connectivity index (χ4n) is 2.30. The summed E-state index contributed by atoms with van der Waals surface area (Å²) in [6.07, 6.45) is -1.89. The smallest absolute Gasteiger partial charge is 0.192 e.